The predicted octanol–water partition coefficient (Wildman–Crippen LogP) is 3.30. The van der Waals surface area contributed by atoms with Gasteiger partial charge in [0.1, 0.15) is 17.2 Å². The highest BCUT2D eigenvalue weighted by Crippen LogP contribution is 2.27. The summed E-state index contributed by atoms with van der Waals surface area (Å²) in [5, 5.41) is 0. The van der Waals surface area contributed by atoms with Crippen LogP contribution in [0, 0.1) is 0 Å². The average Bonchev–Trinajstić information content (AvgIpc) is 2.53. The molecule has 0 bridgehead atoms. The van der Waals surface area contributed by atoms with Gasteiger partial charge in [-0.25, -0.2) is 0 Å². The summed E-state index contributed by atoms with van der Waals surface area (Å²) in [6, 6.07) is 13.5. The van der Waals surface area contributed by atoms with Crippen LogP contribution in [0.2, 0.25) is 0 Å². The number of benzene rings is 2. The van der Waals surface area contributed by atoms with Gasteiger partial charge in [0.2, 0.25) is 0 Å². The summed E-state index contributed by atoms with van der Waals surface area (Å²) in [5.74, 6) is 2.20. The van der Waals surface area contributed by atoms with Crippen molar-refractivity contribution in [3.63, 3.8) is 0 Å². The van der Waals surface area contributed by atoms with E-state index < -0.39 is 0 Å². The molecule has 0 fully saturated rings. The maximum Gasteiger partial charge on any atom is 0.126 e. The molecule has 0 aliphatic carbocycles. The van der Waals surface area contributed by atoms with Crippen LogP contribution in [0.1, 0.15) is 12.0 Å². The largest absolute Gasteiger partial charge is 0.496 e. The second kappa shape index (κ2) is 7.43. The lowest BCUT2D eigenvalue weighted by atomic mass is 10.1. The van der Waals surface area contributed by atoms with E-state index in [1.807, 2.05) is 42.5 Å². The molecule has 0 aromatic heterocycles. The molecular formula is C17H21NO3. The molecule has 4 heteroatoms. The normalized spacial score (nSPS) is 10.2. The third-order valence-electron chi connectivity index (χ3n) is 3.18. The van der Waals surface area contributed by atoms with Gasteiger partial charge >= 0.3 is 0 Å². The van der Waals surface area contributed by atoms with Crippen molar-refractivity contribution in [3.05, 3.63) is 48.0 Å². The number of aryl methyl sites for hydroxylation is 1. The monoisotopic (exact) mass is 287 g/mol. The molecule has 2 rings (SSSR count). The first-order valence-corrected chi connectivity index (χ1v) is 6.91. The van der Waals surface area contributed by atoms with E-state index in [1.165, 1.54) is 5.56 Å². The molecule has 0 atom stereocenters. The molecule has 0 saturated heterocycles. The Morgan fingerprint density at radius 3 is 2.00 bits per heavy atom. The Hall–Kier alpha value is -2.36. The standard InChI is InChI=1S/C17H21NO3/c1-19-15-10-16(20-2)12-17(11-15)21-9-3-4-13-5-7-14(18)8-6-13/h5-8,10-12H,3-4,9,18H2,1-2H3. The van der Waals surface area contributed by atoms with E-state index in [1.54, 1.807) is 14.2 Å². The summed E-state index contributed by atoms with van der Waals surface area (Å²) in [4.78, 5) is 0. The van der Waals surface area contributed by atoms with Gasteiger partial charge in [-0.3, -0.25) is 0 Å². The van der Waals surface area contributed by atoms with Crippen LogP contribution in [-0.2, 0) is 6.42 Å². The van der Waals surface area contributed by atoms with Gasteiger partial charge in [0.15, 0.2) is 0 Å². The highest BCUT2D eigenvalue weighted by molar-refractivity contribution is 5.42. The van der Waals surface area contributed by atoms with E-state index in [2.05, 4.69) is 0 Å². The first-order valence-electron chi connectivity index (χ1n) is 6.91. The van der Waals surface area contributed by atoms with Crippen molar-refractivity contribution in [2.24, 2.45) is 0 Å². The average molecular weight is 287 g/mol. The summed E-state index contributed by atoms with van der Waals surface area (Å²) < 4.78 is 16.2. The van der Waals surface area contributed by atoms with Crippen molar-refractivity contribution in [1.82, 2.24) is 0 Å². The number of ether oxygens (including phenoxy) is 3. The highest BCUT2D eigenvalue weighted by atomic mass is 16.5. The molecule has 0 unspecified atom stereocenters. The maximum absolute atomic E-state index is 5.75. The summed E-state index contributed by atoms with van der Waals surface area (Å²) in [5.41, 5.74) is 7.71. The second-order valence-electron chi connectivity index (χ2n) is 4.74. The van der Waals surface area contributed by atoms with Crippen LogP contribution >= 0.6 is 0 Å². The minimum atomic E-state index is 0.640. The number of nitrogens with two attached hydrogens (primary N) is 1. The Morgan fingerprint density at radius 1 is 0.857 bits per heavy atom. The molecule has 2 N–H and O–H groups in total. The molecule has 0 radical (unpaired) electrons. The van der Waals surface area contributed by atoms with Gasteiger partial charge in [-0.05, 0) is 30.5 Å². The van der Waals surface area contributed by atoms with Crippen LogP contribution in [-0.4, -0.2) is 20.8 Å². The lowest BCUT2D eigenvalue weighted by Crippen LogP contribution is -2.00. The molecule has 0 heterocycles. The number of hydrogen-bond acceptors (Lipinski definition) is 4. The molecule has 21 heavy (non-hydrogen) atoms. The topological polar surface area (TPSA) is 53.7 Å². The minimum absolute atomic E-state index is 0.640. The fourth-order valence-corrected chi connectivity index (χ4v) is 2.02. The van der Waals surface area contributed by atoms with Gasteiger partial charge in [0.05, 0.1) is 20.8 Å². The van der Waals surface area contributed by atoms with Crippen LogP contribution < -0.4 is 19.9 Å². The Kier molecular flexibility index (Phi) is 5.32. The third-order valence-corrected chi connectivity index (χ3v) is 3.18. The van der Waals surface area contributed by atoms with Crippen molar-refractivity contribution < 1.29 is 14.2 Å². The van der Waals surface area contributed by atoms with Crippen LogP contribution in [0.5, 0.6) is 17.2 Å². The predicted molar refractivity (Wildman–Crippen MR) is 84.2 cm³/mol. The molecule has 0 aliphatic rings. The number of rotatable bonds is 7. The van der Waals surface area contributed by atoms with Crippen LogP contribution in [0.25, 0.3) is 0 Å². The number of methoxy groups -OCH3 is 2. The zero-order chi connectivity index (χ0) is 15.1. The van der Waals surface area contributed by atoms with Crippen LogP contribution in [0.3, 0.4) is 0 Å². The lowest BCUT2D eigenvalue weighted by Gasteiger charge is -2.10. The smallest absolute Gasteiger partial charge is 0.126 e. The Balaban J connectivity index is 1.84. The quantitative estimate of drug-likeness (QED) is 0.627. The molecule has 2 aromatic rings. The molecule has 4 nitrogen and oxygen atoms in total. The number of anilines is 1. The molecule has 112 valence electrons. The molecular weight excluding hydrogens is 266 g/mol. The highest BCUT2D eigenvalue weighted by Gasteiger charge is 2.03. The van der Waals surface area contributed by atoms with Crippen LogP contribution in [0.15, 0.2) is 42.5 Å². The summed E-state index contributed by atoms with van der Waals surface area (Å²) in [6.45, 7) is 0.640. The first kappa shape index (κ1) is 15.0. The maximum atomic E-state index is 5.75. The molecule has 0 spiro atoms. The third kappa shape index (κ3) is 4.60. The van der Waals surface area contributed by atoms with E-state index in [4.69, 9.17) is 19.9 Å². The van der Waals surface area contributed by atoms with Crippen molar-refractivity contribution in [3.8, 4) is 17.2 Å². The lowest BCUT2D eigenvalue weighted by molar-refractivity contribution is 0.305. The zero-order valence-corrected chi connectivity index (χ0v) is 12.5. The second-order valence-corrected chi connectivity index (χ2v) is 4.74. The Labute approximate surface area is 125 Å². The molecule has 2 aromatic carbocycles. The molecule has 0 amide bonds. The SMILES string of the molecule is COc1cc(OC)cc(OCCCc2ccc(N)cc2)c1. The number of nitrogen functional groups attached to an aromatic ring is 1. The van der Waals surface area contributed by atoms with Gasteiger partial charge < -0.3 is 19.9 Å². The summed E-state index contributed by atoms with van der Waals surface area (Å²) in [7, 11) is 3.25. The van der Waals surface area contributed by atoms with Gasteiger partial charge in [0.25, 0.3) is 0 Å². The van der Waals surface area contributed by atoms with Crippen molar-refractivity contribution in [2.75, 3.05) is 26.6 Å². The van der Waals surface area contributed by atoms with Crippen molar-refractivity contribution in [2.45, 2.75) is 12.8 Å². The van der Waals surface area contributed by atoms with Gasteiger partial charge in [-0.15, -0.1) is 0 Å². The first-order chi connectivity index (χ1) is 10.2. The fraction of sp³-hybridized carbons (Fsp3) is 0.294. The van der Waals surface area contributed by atoms with Crippen molar-refractivity contribution >= 4 is 5.69 Å². The fourth-order valence-electron chi connectivity index (χ4n) is 2.02. The summed E-state index contributed by atoms with van der Waals surface area (Å²) >= 11 is 0. The van der Waals surface area contributed by atoms with E-state index in [9.17, 15) is 0 Å². The molecule has 0 aliphatic heterocycles. The zero-order valence-electron chi connectivity index (χ0n) is 12.5. The van der Waals surface area contributed by atoms with Gasteiger partial charge in [-0.1, -0.05) is 12.1 Å². The molecule has 0 saturated carbocycles. The minimum Gasteiger partial charge on any atom is -0.496 e. The number of hydrogen-bond donors (Lipinski definition) is 1. The Morgan fingerprint density at radius 2 is 1.43 bits per heavy atom. The van der Waals surface area contributed by atoms with Gasteiger partial charge in [0, 0.05) is 23.9 Å². The van der Waals surface area contributed by atoms with Crippen LogP contribution in [0.4, 0.5) is 5.69 Å². The van der Waals surface area contributed by atoms with E-state index in [0.29, 0.717) is 6.61 Å². The summed E-state index contributed by atoms with van der Waals surface area (Å²) in [6.07, 6.45) is 1.89. The van der Waals surface area contributed by atoms with E-state index in [0.717, 1.165) is 35.8 Å². The Bertz CT molecular complexity index is 544. The van der Waals surface area contributed by atoms with Crippen molar-refractivity contribution in [1.29, 1.82) is 0 Å². The van der Waals surface area contributed by atoms with E-state index in [-0.39, 0.29) is 0 Å². The van der Waals surface area contributed by atoms with E-state index >= 15 is 0 Å². The van der Waals surface area contributed by atoms with Gasteiger partial charge in [-0.2, -0.15) is 0 Å².